The number of hydrogen-bond donors (Lipinski definition) is 0. The Kier molecular flexibility index (Phi) is 6.49. The van der Waals surface area contributed by atoms with Gasteiger partial charge in [0.1, 0.15) is 12.0 Å². The smallest absolute Gasteiger partial charge is 0.435 e. The van der Waals surface area contributed by atoms with Crippen molar-refractivity contribution in [2.45, 2.75) is 31.9 Å². The zero-order valence-corrected chi connectivity index (χ0v) is 15.4. The summed E-state index contributed by atoms with van der Waals surface area (Å²) in [6, 6.07) is 9.40. The van der Waals surface area contributed by atoms with Crippen molar-refractivity contribution < 1.29 is 22.7 Å². The topological polar surface area (TPSA) is 55.3 Å². The molecule has 2 aromatic rings. The Hall–Kier alpha value is -2.64. The number of benzene rings is 1. The van der Waals surface area contributed by atoms with Gasteiger partial charge in [-0.2, -0.15) is 13.2 Å². The Bertz CT molecular complexity index is 781. The summed E-state index contributed by atoms with van der Waals surface area (Å²) in [7, 11) is 0. The number of rotatable bonds is 7. The molecule has 1 saturated heterocycles. The Morgan fingerprint density at radius 2 is 2.07 bits per heavy atom. The van der Waals surface area contributed by atoms with Crippen LogP contribution in [-0.2, 0) is 6.18 Å². The van der Waals surface area contributed by atoms with Crippen LogP contribution >= 0.6 is 0 Å². The number of aromatic nitrogens is 2. The summed E-state index contributed by atoms with van der Waals surface area (Å²) in [4.78, 5) is 12.8. The highest BCUT2D eigenvalue weighted by Gasteiger charge is 2.33. The Balaban J connectivity index is 1.46. The second-order valence-corrected chi connectivity index (χ2v) is 6.91. The number of carbonyl (C=O) groups excluding carboxylic acids is 1. The average molecular weight is 393 g/mol. The fourth-order valence-corrected chi connectivity index (χ4v) is 3.39. The first-order valence-electron chi connectivity index (χ1n) is 9.29. The van der Waals surface area contributed by atoms with Gasteiger partial charge in [0.2, 0.25) is 0 Å². The maximum atomic E-state index is 12.6. The summed E-state index contributed by atoms with van der Waals surface area (Å²) in [5.41, 5.74) is -0.390. The van der Waals surface area contributed by atoms with Gasteiger partial charge in [-0.25, -0.2) is 0 Å². The summed E-state index contributed by atoms with van der Waals surface area (Å²) in [6.45, 7) is 2.07. The zero-order valence-electron chi connectivity index (χ0n) is 15.4. The van der Waals surface area contributed by atoms with Crippen LogP contribution in [-0.4, -0.2) is 36.2 Å². The molecule has 3 rings (SSSR count). The van der Waals surface area contributed by atoms with E-state index < -0.39 is 11.9 Å². The molecule has 0 amide bonds. The van der Waals surface area contributed by atoms with Crippen LogP contribution in [0.5, 0.6) is 5.75 Å². The van der Waals surface area contributed by atoms with E-state index in [2.05, 4.69) is 10.2 Å². The number of hydrogen-bond acceptors (Lipinski definition) is 5. The van der Waals surface area contributed by atoms with Crippen molar-refractivity contribution in [3.63, 3.8) is 0 Å². The first-order chi connectivity index (χ1) is 13.5. The molecule has 1 fully saturated rings. The van der Waals surface area contributed by atoms with Crippen molar-refractivity contribution >= 4 is 12.1 Å². The molecule has 0 aliphatic carbocycles. The molecule has 1 unspecified atom stereocenters. The Labute approximate surface area is 161 Å². The van der Waals surface area contributed by atoms with Crippen molar-refractivity contribution in [2.75, 3.05) is 24.6 Å². The van der Waals surface area contributed by atoms with Crippen LogP contribution in [0.3, 0.4) is 0 Å². The minimum absolute atomic E-state index is 0.433. The van der Waals surface area contributed by atoms with E-state index in [1.54, 1.807) is 18.2 Å². The quantitative estimate of drug-likeness (QED) is 0.516. The molecular weight excluding hydrogens is 371 g/mol. The van der Waals surface area contributed by atoms with Crippen LogP contribution in [0.4, 0.5) is 19.0 Å². The fraction of sp³-hybridized carbons (Fsp3) is 0.450. The molecule has 1 aromatic heterocycles. The van der Waals surface area contributed by atoms with E-state index in [-0.39, 0.29) is 0 Å². The van der Waals surface area contributed by atoms with Gasteiger partial charge in [-0.05, 0) is 55.9 Å². The molecule has 1 aliphatic heterocycles. The fourth-order valence-electron chi connectivity index (χ4n) is 3.39. The molecule has 0 bridgehead atoms. The highest BCUT2D eigenvalue weighted by Crippen LogP contribution is 2.29. The predicted octanol–water partition coefficient (Wildman–Crippen LogP) is 4.38. The lowest BCUT2D eigenvalue weighted by Crippen LogP contribution is -2.36. The number of anilines is 1. The minimum atomic E-state index is -4.47. The molecule has 0 radical (unpaired) electrons. The van der Waals surface area contributed by atoms with E-state index in [0.29, 0.717) is 29.7 Å². The van der Waals surface area contributed by atoms with Gasteiger partial charge >= 0.3 is 6.18 Å². The summed E-state index contributed by atoms with van der Waals surface area (Å²) in [5.74, 6) is 1.59. The molecule has 8 heteroatoms. The van der Waals surface area contributed by atoms with E-state index in [0.717, 1.165) is 51.1 Å². The van der Waals surface area contributed by atoms with Gasteiger partial charge in [-0.3, -0.25) is 4.79 Å². The van der Waals surface area contributed by atoms with Crippen molar-refractivity contribution in [1.29, 1.82) is 0 Å². The molecule has 0 saturated carbocycles. The number of alkyl halides is 3. The number of halogens is 3. The number of carbonyl (C=O) groups is 1. The van der Waals surface area contributed by atoms with Crippen molar-refractivity contribution in [3.8, 4) is 5.75 Å². The number of nitrogens with zero attached hydrogens (tertiary/aromatic N) is 3. The number of piperidine rings is 1. The summed E-state index contributed by atoms with van der Waals surface area (Å²) >= 11 is 0. The average Bonchev–Trinajstić information content (AvgIpc) is 2.71. The van der Waals surface area contributed by atoms with E-state index in [1.807, 2.05) is 11.0 Å². The molecule has 1 atom stereocenters. The molecule has 150 valence electrons. The highest BCUT2D eigenvalue weighted by molar-refractivity contribution is 5.75. The number of ether oxygens (including phenoxy) is 1. The first-order valence-corrected chi connectivity index (χ1v) is 9.29. The molecule has 28 heavy (non-hydrogen) atoms. The van der Waals surface area contributed by atoms with E-state index in [1.165, 1.54) is 6.07 Å². The maximum Gasteiger partial charge on any atom is 0.435 e. The molecule has 5 nitrogen and oxygen atoms in total. The van der Waals surface area contributed by atoms with Crippen LogP contribution < -0.4 is 9.64 Å². The van der Waals surface area contributed by atoms with Gasteiger partial charge in [0.15, 0.2) is 11.5 Å². The van der Waals surface area contributed by atoms with Crippen LogP contribution in [0.1, 0.15) is 41.7 Å². The molecule has 2 heterocycles. The maximum absolute atomic E-state index is 12.6. The standard InChI is InChI=1S/C20H22F3N3O2/c21-20(22,23)18-8-9-19(25-24-18)26-10-2-5-15(13-26)6-3-11-28-17-7-1-4-16(12-17)14-27/h1,4,7-9,12,14-15H,2-3,5-6,10-11,13H2. The normalized spacial score (nSPS) is 17.4. The lowest BCUT2D eigenvalue weighted by atomic mass is 9.93. The van der Waals surface area contributed by atoms with Gasteiger partial charge in [0, 0.05) is 18.7 Å². The molecule has 1 aliphatic rings. The van der Waals surface area contributed by atoms with Gasteiger partial charge in [-0.1, -0.05) is 12.1 Å². The van der Waals surface area contributed by atoms with Crippen LogP contribution in [0.25, 0.3) is 0 Å². The summed E-state index contributed by atoms with van der Waals surface area (Å²) in [5, 5.41) is 7.07. The van der Waals surface area contributed by atoms with Crippen LogP contribution in [0.15, 0.2) is 36.4 Å². The monoisotopic (exact) mass is 393 g/mol. The van der Waals surface area contributed by atoms with Crippen LogP contribution in [0, 0.1) is 5.92 Å². The molecule has 0 N–H and O–H groups in total. The lowest BCUT2D eigenvalue weighted by Gasteiger charge is -2.33. The lowest BCUT2D eigenvalue weighted by molar-refractivity contribution is -0.141. The third kappa shape index (κ3) is 5.43. The van der Waals surface area contributed by atoms with Gasteiger partial charge in [0.05, 0.1) is 6.61 Å². The number of aldehydes is 1. The van der Waals surface area contributed by atoms with Crippen LogP contribution in [0.2, 0.25) is 0 Å². The zero-order chi connectivity index (χ0) is 20.0. The summed E-state index contributed by atoms with van der Waals surface area (Å²) < 4.78 is 43.5. The third-order valence-electron chi connectivity index (χ3n) is 4.80. The third-order valence-corrected chi connectivity index (χ3v) is 4.80. The van der Waals surface area contributed by atoms with E-state index in [4.69, 9.17) is 4.74 Å². The molecular formula is C20H22F3N3O2. The first kappa shape index (κ1) is 20.1. The van der Waals surface area contributed by atoms with Gasteiger partial charge < -0.3 is 9.64 Å². The van der Waals surface area contributed by atoms with Crippen molar-refractivity contribution in [1.82, 2.24) is 10.2 Å². The predicted molar refractivity (Wildman–Crippen MR) is 98.5 cm³/mol. The molecule has 0 spiro atoms. The van der Waals surface area contributed by atoms with Gasteiger partial charge in [-0.15, -0.1) is 10.2 Å². The van der Waals surface area contributed by atoms with Crippen molar-refractivity contribution in [2.24, 2.45) is 5.92 Å². The second-order valence-electron chi connectivity index (χ2n) is 6.91. The van der Waals surface area contributed by atoms with Crippen molar-refractivity contribution in [3.05, 3.63) is 47.7 Å². The van der Waals surface area contributed by atoms with E-state index in [9.17, 15) is 18.0 Å². The van der Waals surface area contributed by atoms with Gasteiger partial charge in [0.25, 0.3) is 0 Å². The summed E-state index contributed by atoms with van der Waals surface area (Å²) in [6.07, 6.45) is 0.177. The molecule has 1 aromatic carbocycles. The second kappa shape index (κ2) is 9.03. The Morgan fingerprint density at radius 1 is 1.21 bits per heavy atom. The van der Waals surface area contributed by atoms with E-state index >= 15 is 0 Å². The largest absolute Gasteiger partial charge is 0.494 e. The minimum Gasteiger partial charge on any atom is -0.494 e. The SMILES string of the molecule is O=Cc1cccc(OCCCC2CCCN(c3ccc(C(F)(F)F)nn3)C2)c1. The highest BCUT2D eigenvalue weighted by atomic mass is 19.4. The Morgan fingerprint density at radius 3 is 2.79 bits per heavy atom.